The Morgan fingerprint density at radius 2 is 1.96 bits per heavy atom. The van der Waals surface area contributed by atoms with E-state index >= 15 is 0 Å². The Morgan fingerprint density at radius 3 is 2.63 bits per heavy atom. The lowest BCUT2D eigenvalue weighted by molar-refractivity contribution is -0.152. The van der Waals surface area contributed by atoms with E-state index in [1.54, 1.807) is 0 Å². The molecule has 2 N–H and O–H groups in total. The van der Waals surface area contributed by atoms with Crippen molar-refractivity contribution in [2.75, 3.05) is 16.8 Å². The normalized spacial score (nSPS) is 31.5. The van der Waals surface area contributed by atoms with Crippen molar-refractivity contribution < 1.29 is 26.0 Å². The third kappa shape index (κ3) is 2.62. The minimum Gasteiger partial charge on any atom is -0.352 e. The molecule has 6 nitrogen and oxygen atoms in total. The number of amidine groups is 1. The van der Waals surface area contributed by atoms with Gasteiger partial charge in [0.2, 0.25) is 0 Å². The topological polar surface area (TPSA) is 73.8 Å². The van der Waals surface area contributed by atoms with E-state index in [0.717, 1.165) is 29.9 Å². The predicted molar refractivity (Wildman–Crippen MR) is 89.9 cm³/mol. The van der Waals surface area contributed by atoms with Gasteiger partial charge in [0.25, 0.3) is 10.0 Å². The van der Waals surface area contributed by atoms with Crippen LogP contribution < -0.4 is 15.5 Å². The molecule has 11 heteroatoms. The van der Waals surface area contributed by atoms with Crippen LogP contribution in [0.25, 0.3) is 0 Å². The third-order valence-electron chi connectivity index (χ3n) is 5.59. The van der Waals surface area contributed by atoms with Crippen molar-refractivity contribution in [3.63, 3.8) is 0 Å². The quantitative estimate of drug-likeness (QED) is 0.740. The van der Waals surface area contributed by atoms with Gasteiger partial charge in [0, 0.05) is 24.5 Å². The number of alkyl halides is 3. The van der Waals surface area contributed by atoms with E-state index in [0.29, 0.717) is 6.54 Å². The van der Waals surface area contributed by atoms with Gasteiger partial charge in [-0.1, -0.05) is 0 Å². The fourth-order valence-electron chi connectivity index (χ4n) is 4.32. The summed E-state index contributed by atoms with van der Waals surface area (Å²) in [6.07, 6.45) is -2.74. The second-order valence-electron chi connectivity index (χ2n) is 7.45. The molecule has 3 heterocycles. The molecular weight excluding hydrogens is 388 g/mol. The summed E-state index contributed by atoms with van der Waals surface area (Å²) in [6.45, 7) is 0.332. The molecule has 3 atom stereocenters. The number of hydrogen-bond acceptors (Lipinski definition) is 5. The largest absolute Gasteiger partial charge is 0.410 e. The number of benzene rings is 1. The Kier molecular flexibility index (Phi) is 3.41. The number of sulfonamides is 1. The Labute approximate surface area is 152 Å². The molecule has 1 aliphatic carbocycles. The van der Waals surface area contributed by atoms with Gasteiger partial charge < -0.3 is 15.5 Å². The minimum atomic E-state index is -4.53. The van der Waals surface area contributed by atoms with Gasteiger partial charge in [0.15, 0.2) is 0 Å². The molecule has 0 spiro atoms. The fraction of sp³-hybridized carbons (Fsp3) is 0.562. The zero-order valence-electron chi connectivity index (χ0n) is 13.9. The summed E-state index contributed by atoms with van der Waals surface area (Å²) in [6, 6.07) is -1.33. The molecule has 3 aliphatic heterocycles. The summed E-state index contributed by atoms with van der Waals surface area (Å²) in [5.74, 6) is -0.738. The molecule has 1 aromatic carbocycles. The van der Waals surface area contributed by atoms with Crippen LogP contribution in [0, 0.1) is 11.7 Å². The maximum Gasteiger partial charge on any atom is 0.410 e. The van der Waals surface area contributed by atoms with Gasteiger partial charge in [-0.15, -0.1) is 4.40 Å². The van der Waals surface area contributed by atoms with Gasteiger partial charge >= 0.3 is 6.18 Å². The van der Waals surface area contributed by atoms with Crippen molar-refractivity contribution in [2.24, 2.45) is 10.3 Å². The highest BCUT2D eigenvalue weighted by Gasteiger charge is 2.58. The van der Waals surface area contributed by atoms with Crippen LogP contribution in [0.5, 0.6) is 0 Å². The van der Waals surface area contributed by atoms with Crippen LogP contribution >= 0.6 is 0 Å². The number of nitrogens with zero attached hydrogens (tertiary/aromatic N) is 2. The van der Waals surface area contributed by atoms with Gasteiger partial charge in [-0.3, -0.25) is 0 Å². The molecule has 1 aromatic rings. The highest BCUT2D eigenvalue weighted by atomic mass is 32.2. The van der Waals surface area contributed by atoms with Crippen molar-refractivity contribution in [1.82, 2.24) is 5.32 Å². The number of nitrogens with one attached hydrogen (secondary N) is 2. The zero-order valence-corrected chi connectivity index (χ0v) is 14.7. The minimum absolute atomic E-state index is 0.00454. The van der Waals surface area contributed by atoms with Crippen LogP contribution in [-0.4, -0.2) is 45.1 Å². The van der Waals surface area contributed by atoms with E-state index in [1.807, 2.05) is 0 Å². The van der Waals surface area contributed by atoms with E-state index in [1.165, 1.54) is 0 Å². The Morgan fingerprint density at radius 1 is 1.22 bits per heavy atom. The molecule has 4 aliphatic rings. The average molecular weight is 404 g/mol. The number of hydrogen-bond donors (Lipinski definition) is 2. The van der Waals surface area contributed by atoms with E-state index in [2.05, 4.69) is 15.0 Å². The molecule has 5 rings (SSSR count). The van der Waals surface area contributed by atoms with E-state index in [-0.39, 0.29) is 29.5 Å². The van der Waals surface area contributed by atoms with Crippen molar-refractivity contribution in [2.45, 2.75) is 48.5 Å². The lowest BCUT2D eigenvalue weighted by Gasteiger charge is -2.40. The first-order valence-electron chi connectivity index (χ1n) is 8.69. The molecule has 1 saturated carbocycles. The lowest BCUT2D eigenvalue weighted by atomic mass is 10.1. The Hall–Kier alpha value is -1.88. The van der Waals surface area contributed by atoms with E-state index in [9.17, 15) is 26.0 Å². The number of piperazine rings is 1. The number of halogens is 4. The SMILES string of the molecule is O=S1(=O)N=C(C2CC2)Nc2c(N3C4CNC(C4)[C@H]3C(F)(F)F)cc(F)cc21. The first-order chi connectivity index (χ1) is 12.6. The summed E-state index contributed by atoms with van der Waals surface area (Å²) >= 11 is 0. The highest BCUT2D eigenvalue weighted by molar-refractivity contribution is 7.90. The van der Waals surface area contributed by atoms with Crippen LogP contribution in [0.15, 0.2) is 21.4 Å². The lowest BCUT2D eigenvalue weighted by Crippen LogP contribution is -2.58. The summed E-state index contributed by atoms with van der Waals surface area (Å²) in [5, 5.41) is 5.74. The number of rotatable bonds is 2. The summed E-state index contributed by atoms with van der Waals surface area (Å²) < 4.78 is 84.1. The van der Waals surface area contributed by atoms with Crippen LogP contribution in [0.4, 0.5) is 28.9 Å². The molecule has 0 aromatic heterocycles. The first-order valence-corrected chi connectivity index (χ1v) is 10.1. The third-order valence-corrected chi connectivity index (χ3v) is 6.90. The van der Waals surface area contributed by atoms with E-state index in [4.69, 9.17) is 0 Å². The van der Waals surface area contributed by atoms with Gasteiger partial charge in [-0.05, 0) is 31.4 Å². The van der Waals surface area contributed by atoms with Gasteiger partial charge in [-0.2, -0.15) is 21.6 Å². The second kappa shape index (κ2) is 5.34. The van der Waals surface area contributed by atoms with Crippen molar-refractivity contribution in [3.05, 3.63) is 17.9 Å². The van der Waals surface area contributed by atoms with Crippen molar-refractivity contribution in [3.8, 4) is 0 Å². The molecule has 27 heavy (non-hydrogen) atoms. The van der Waals surface area contributed by atoms with Crippen LogP contribution in [0.3, 0.4) is 0 Å². The molecule has 2 unspecified atom stereocenters. The second-order valence-corrected chi connectivity index (χ2v) is 9.02. The molecule has 2 saturated heterocycles. The maximum atomic E-state index is 14.2. The van der Waals surface area contributed by atoms with Gasteiger partial charge in [-0.25, -0.2) is 4.39 Å². The van der Waals surface area contributed by atoms with E-state index < -0.39 is 45.0 Å². The molecular formula is C16H16F4N4O2S. The maximum absolute atomic E-state index is 14.2. The fourth-order valence-corrected chi connectivity index (χ4v) is 5.54. The Balaban J connectivity index is 1.68. The number of fused-ring (bicyclic) bond motifs is 3. The van der Waals surface area contributed by atoms with Crippen LogP contribution in [0.1, 0.15) is 19.3 Å². The number of anilines is 2. The van der Waals surface area contributed by atoms with Crippen molar-refractivity contribution in [1.29, 1.82) is 0 Å². The highest BCUT2D eigenvalue weighted by Crippen LogP contribution is 2.48. The molecule has 146 valence electrons. The smallest absolute Gasteiger partial charge is 0.352 e. The Bertz CT molecular complexity index is 958. The summed E-state index contributed by atoms with van der Waals surface area (Å²) in [5.41, 5.74) is -0.0759. The van der Waals surface area contributed by atoms with Crippen LogP contribution in [-0.2, 0) is 10.0 Å². The molecule has 0 radical (unpaired) electrons. The van der Waals surface area contributed by atoms with Gasteiger partial charge in [0.05, 0.1) is 11.4 Å². The standard InChI is InChI=1S/C16H16F4N4O2S/c17-8-3-11(24-9-5-10(21-6-9)14(24)16(18,19)20)13-12(4-8)27(25,26)23-15(22-13)7-1-2-7/h3-4,7,9-10,14,21H,1-2,5-6H2,(H,22,23)/t9?,10?,14-/m0/s1. The average Bonchev–Trinajstić information content (AvgIpc) is 3.21. The monoisotopic (exact) mass is 404 g/mol. The van der Waals surface area contributed by atoms with Crippen LogP contribution in [0.2, 0.25) is 0 Å². The zero-order chi connectivity index (χ0) is 19.1. The molecule has 3 fully saturated rings. The van der Waals surface area contributed by atoms with Crippen molar-refractivity contribution >= 4 is 27.2 Å². The molecule has 2 bridgehead atoms. The van der Waals surface area contributed by atoms with Gasteiger partial charge in [0.1, 0.15) is 22.6 Å². The summed E-state index contributed by atoms with van der Waals surface area (Å²) in [7, 11) is -4.17. The first kappa shape index (κ1) is 17.2. The molecule has 0 amide bonds. The summed E-state index contributed by atoms with van der Waals surface area (Å²) in [4.78, 5) is 0.708. The predicted octanol–water partition coefficient (Wildman–Crippen LogP) is 2.23.